The number of ether oxygens (including phenoxy) is 1. The minimum atomic E-state index is -0.0448. The number of nitrogens with one attached hydrogen (secondary N) is 1. The van der Waals surface area contributed by atoms with Gasteiger partial charge in [-0.05, 0) is 40.8 Å². The lowest BCUT2D eigenvalue weighted by Crippen LogP contribution is -2.29. The number of halogens is 1. The van der Waals surface area contributed by atoms with E-state index >= 15 is 0 Å². The number of hydrogen-bond acceptors (Lipinski definition) is 2. The lowest BCUT2D eigenvalue weighted by atomic mass is 10.1. The SMILES string of the molecule is CCCn1cc(Br)cc1C(=O)NCCOCCC(C)C. The second-order valence-corrected chi connectivity index (χ2v) is 6.20. The Labute approximate surface area is 130 Å². The van der Waals surface area contributed by atoms with Gasteiger partial charge in [0.2, 0.25) is 0 Å². The van der Waals surface area contributed by atoms with E-state index in [1.165, 1.54) is 0 Å². The van der Waals surface area contributed by atoms with Gasteiger partial charge in [-0.25, -0.2) is 0 Å². The van der Waals surface area contributed by atoms with Crippen LogP contribution in [-0.4, -0.2) is 30.2 Å². The van der Waals surface area contributed by atoms with Crippen molar-refractivity contribution >= 4 is 21.8 Å². The van der Waals surface area contributed by atoms with Crippen LogP contribution in [0.4, 0.5) is 0 Å². The third-order valence-corrected chi connectivity index (χ3v) is 3.37. The van der Waals surface area contributed by atoms with Crippen LogP contribution in [0.2, 0.25) is 0 Å². The van der Waals surface area contributed by atoms with E-state index in [4.69, 9.17) is 4.74 Å². The molecule has 0 aliphatic carbocycles. The summed E-state index contributed by atoms with van der Waals surface area (Å²) in [5, 5.41) is 2.89. The molecule has 5 heteroatoms. The van der Waals surface area contributed by atoms with Crippen molar-refractivity contribution in [2.45, 2.75) is 40.2 Å². The zero-order chi connectivity index (χ0) is 15.0. The molecule has 1 amide bonds. The van der Waals surface area contributed by atoms with Crippen molar-refractivity contribution in [3.63, 3.8) is 0 Å². The molecule has 114 valence electrons. The molecule has 0 spiro atoms. The fraction of sp³-hybridized carbons (Fsp3) is 0.667. The van der Waals surface area contributed by atoms with Gasteiger partial charge in [0.1, 0.15) is 5.69 Å². The van der Waals surface area contributed by atoms with Gasteiger partial charge in [-0.15, -0.1) is 0 Å². The molecule has 4 nitrogen and oxygen atoms in total. The second kappa shape index (κ2) is 9.19. The quantitative estimate of drug-likeness (QED) is 0.697. The number of hydrogen-bond donors (Lipinski definition) is 1. The largest absolute Gasteiger partial charge is 0.380 e. The van der Waals surface area contributed by atoms with Crippen LogP contribution in [0, 0.1) is 5.92 Å². The zero-order valence-corrected chi connectivity index (χ0v) is 14.2. The molecule has 0 aliphatic heterocycles. The van der Waals surface area contributed by atoms with Crippen molar-refractivity contribution < 1.29 is 9.53 Å². The molecule has 0 saturated carbocycles. The first-order valence-corrected chi connectivity index (χ1v) is 8.05. The van der Waals surface area contributed by atoms with Gasteiger partial charge >= 0.3 is 0 Å². The summed E-state index contributed by atoms with van der Waals surface area (Å²) in [6.45, 7) is 9.15. The molecule has 1 N–H and O–H groups in total. The van der Waals surface area contributed by atoms with E-state index in [1.54, 1.807) is 0 Å². The van der Waals surface area contributed by atoms with Crippen LogP contribution < -0.4 is 5.32 Å². The molecule has 0 bridgehead atoms. The Bertz CT molecular complexity index is 416. The summed E-state index contributed by atoms with van der Waals surface area (Å²) in [6, 6.07) is 1.85. The van der Waals surface area contributed by atoms with Crippen LogP contribution in [0.15, 0.2) is 16.7 Å². The highest BCUT2D eigenvalue weighted by atomic mass is 79.9. The fourth-order valence-electron chi connectivity index (χ4n) is 1.84. The van der Waals surface area contributed by atoms with E-state index in [0.29, 0.717) is 24.8 Å². The highest BCUT2D eigenvalue weighted by Gasteiger charge is 2.11. The molecule has 1 rings (SSSR count). The number of nitrogens with zero attached hydrogens (tertiary/aromatic N) is 1. The van der Waals surface area contributed by atoms with Crippen LogP contribution in [0.3, 0.4) is 0 Å². The third-order valence-electron chi connectivity index (χ3n) is 2.93. The second-order valence-electron chi connectivity index (χ2n) is 5.29. The third kappa shape index (κ3) is 6.09. The summed E-state index contributed by atoms with van der Waals surface area (Å²) in [5.74, 6) is 0.607. The van der Waals surface area contributed by atoms with E-state index < -0.39 is 0 Å². The Balaban J connectivity index is 2.32. The first-order valence-electron chi connectivity index (χ1n) is 7.26. The van der Waals surface area contributed by atoms with Crippen LogP contribution in [0.5, 0.6) is 0 Å². The normalized spacial score (nSPS) is 11.1. The smallest absolute Gasteiger partial charge is 0.268 e. The van der Waals surface area contributed by atoms with Crippen molar-refractivity contribution in [1.82, 2.24) is 9.88 Å². The Kier molecular flexibility index (Phi) is 7.92. The summed E-state index contributed by atoms with van der Waals surface area (Å²) in [7, 11) is 0. The Morgan fingerprint density at radius 3 is 2.85 bits per heavy atom. The average molecular weight is 345 g/mol. The summed E-state index contributed by atoms with van der Waals surface area (Å²) < 4.78 is 8.39. The van der Waals surface area contributed by atoms with E-state index in [2.05, 4.69) is 42.0 Å². The number of carbonyl (C=O) groups excluding carboxylic acids is 1. The predicted molar refractivity (Wildman–Crippen MR) is 85.0 cm³/mol. The number of rotatable bonds is 9. The average Bonchev–Trinajstić information content (AvgIpc) is 2.74. The minimum Gasteiger partial charge on any atom is -0.380 e. The lowest BCUT2D eigenvalue weighted by molar-refractivity contribution is 0.0897. The van der Waals surface area contributed by atoms with Gasteiger partial charge in [0.25, 0.3) is 5.91 Å². The number of aryl methyl sites for hydroxylation is 1. The maximum absolute atomic E-state index is 12.1. The van der Waals surface area contributed by atoms with Gasteiger partial charge < -0.3 is 14.6 Å². The predicted octanol–water partition coefficient (Wildman–Crippen LogP) is 3.45. The summed E-state index contributed by atoms with van der Waals surface area (Å²) in [6.07, 6.45) is 4.00. The zero-order valence-electron chi connectivity index (χ0n) is 12.6. The molecule has 0 aliphatic rings. The van der Waals surface area contributed by atoms with Gasteiger partial charge in [0.05, 0.1) is 6.61 Å². The fourth-order valence-corrected chi connectivity index (χ4v) is 2.30. The molecule has 0 atom stereocenters. The van der Waals surface area contributed by atoms with E-state index in [0.717, 1.165) is 30.5 Å². The van der Waals surface area contributed by atoms with Gasteiger partial charge in [-0.2, -0.15) is 0 Å². The highest BCUT2D eigenvalue weighted by molar-refractivity contribution is 9.10. The molecule has 0 fully saturated rings. The Morgan fingerprint density at radius 2 is 2.20 bits per heavy atom. The molecular weight excluding hydrogens is 320 g/mol. The first-order chi connectivity index (χ1) is 9.54. The number of aromatic nitrogens is 1. The van der Waals surface area contributed by atoms with Crippen molar-refractivity contribution in [2.75, 3.05) is 19.8 Å². The number of amides is 1. The molecular formula is C15H25BrN2O2. The standard InChI is InChI=1S/C15H25BrN2O2/c1-4-7-18-11-13(16)10-14(18)15(19)17-6-9-20-8-5-12(2)3/h10-12H,4-9H2,1-3H3,(H,17,19). The maximum atomic E-state index is 12.1. The molecule has 1 aromatic heterocycles. The Hall–Kier alpha value is -0.810. The lowest BCUT2D eigenvalue weighted by Gasteiger charge is -2.09. The Morgan fingerprint density at radius 1 is 1.45 bits per heavy atom. The van der Waals surface area contributed by atoms with Crippen LogP contribution in [-0.2, 0) is 11.3 Å². The highest BCUT2D eigenvalue weighted by Crippen LogP contribution is 2.15. The molecule has 0 unspecified atom stereocenters. The van der Waals surface area contributed by atoms with Crippen molar-refractivity contribution in [3.8, 4) is 0 Å². The van der Waals surface area contributed by atoms with Gasteiger partial charge in [-0.1, -0.05) is 20.8 Å². The van der Waals surface area contributed by atoms with Crippen molar-refractivity contribution in [1.29, 1.82) is 0 Å². The van der Waals surface area contributed by atoms with E-state index in [-0.39, 0.29) is 5.91 Å². The van der Waals surface area contributed by atoms with Crippen LogP contribution >= 0.6 is 15.9 Å². The minimum absolute atomic E-state index is 0.0448. The van der Waals surface area contributed by atoms with Crippen LogP contribution in [0.1, 0.15) is 44.1 Å². The maximum Gasteiger partial charge on any atom is 0.268 e. The van der Waals surface area contributed by atoms with Crippen molar-refractivity contribution in [3.05, 3.63) is 22.4 Å². The van der Waals surface area contributed by atoms with Crippen molar-refractivity contribution in [2.24, 2.45) is 5.92 Å². The summed E-state index contributed by atoms with van der Waals surface area (Å²) >= 11 is 3.41. The summed E-state index contributed by atoms with van der Waals surface area (Å²) in [4.78, 5) is 12.1. The van der Waals surface area contributed by atoms with Gasteiger partial charge in [-0.3, -0.25) is 4.79 Å². The molecule has 1 aromatic rings. The first kappa shape index (κ1) is 17.2. The van der Waals surface area contributed by atoms with Gasteiger partial charge in [0, 0.05) is 30.4 Å². The molecule has 20 heavy (non-hydrogen) atoms. The van der Waals surface area contributed by atoms with E-state index in [9.17, 15) is 4.79 Å². The molecule has 0 aromatic carbocycles. The monoisotopic (exact) mass is 344 g/mol. The summed E-state index contributed by atoms with van der Waals surface area (Å²) in [5.41, 5.74) is 0.695. The van der Waals surface area contributed by atoms with Gasteiger partial charge in [0.15, 0.2) is 0 Å². The molecule has 0 saturated heterocycles. The van der Waals surface area contributed by atoms with Crippen LogP contribution in [0.25, 0.3) is 0 Å². The molecule has 1 heterocycles. The molecule has 0 radical (unpaired) electrons. The number of carbonyl (C=O) groups is 1. The topological polar surface area (TPSA) is 43.3 Å². The van der Waals surface area contributed by atoms with E-state index in [1.807, 2.05) is 16.8 Å².